The summed E-state index contributed by atoms with van der Waals surface area (Å²) in [7, 11) is 0. The fourth-order valence-corrected chi connectivity index (χ4v) is 3.50. The molecule has 3 saturated carbocycles. The summed E-state index contributed by atoms with van der Waals surface area (Å²) in [6.07, 6.45) is 3.55. The van der Waals surface area contributed by atoms with Crippen molar-refractivity contribution in [1.82, 2.24) is 5.32 Å². The van der Waals surface area contributed by atoms with Gasteiger partial charge in [-0.15, -0.1) is 0 Å². The Morgan fingerprint density at radius 2 is 2.12 bits per heavy atom. The molecule has 1 aromatic rings. The normalized spacial score (nSPS) is 30.2. The molecular weight excluding hydrogens is 266 g/mol. The zero-order valence-corrected chi connectivity index (χ0v) is 10.8. The van der Waals surface area contributed by atoms with Crippen molar-refractivity contribution in [2.24, 2.45) is 5.92 Å². The van der Waals surface area contributed by atoms with Crippen molar-refractivity contribution < 1.29 is 4.79 Å². The highest BCUT2D eigenvalue weighted by Gasteiger charge is 2.57. The van der Waals surface area contributed by atoms with Gasteiger partial charge in [0.1, 0.15) is 0 Å². The lowest BCUT2D eigenvalue weighted by Crippen LogP contribution is -2.68. The zero-order valence-electron chi connectivity index (χ0n) is 9.22. The standard InChI is InChI=1S/C13H14BrNO/c1-8-3-2-4-10(14)11(8)12(16)15-13-5-9(6-13)7-13/h2-4,9H,5-7H2,1H3,(H,15,16). The fraction of sp³-hybridized carbons (Fsp3) is 0.462. The summed E-state index contributed by atoms with van der Waals surface area (Å²) in [6, 6.07) is 5.85. The highest BCUT2D eigenvalue weighted by molar-refractivity contribution is 9.10. The van der Waals surface area contributed by atoms with Crippen molar-refractivity contribution in [2.45, 2.75) is 31.7 Å². The number of carbonyl (C=O) groups excluding carboxylic acids is 1. The van der Waals surface area contributed by atoms with Crippen molar-refractivity contribution in [3.05, 3.63) is 33.8 Å². The summed E-state index contributed by atoms with van der Waals surface area (Å²) in [5, 5.41) is 3.19. The molecule has 2 nitrogen and oxygen atoms in total. The Bertz CT molecular complexity index is 432. The molecule has 4 rings (SSSR count). The maximum Gasteiger partial charge on any atom is 0.253 e. The number of hydrogen-bond donors (Lipinski definition) is 1. The molecule has 0 heterocycles. The Morgan fingerprint density at radius 3 is 2.62 bits per heavy atom. The Hall–Kier alpha value is -0.830. The molecule has 3 aliphatic rings. The summed E-state index contributed by atoms with van der Waals surface area (Å²) < 4.78 is 0.886. The zero-order chi connectivity index (χ0) is 11.3. The van der Waals surface area contributed by atoms with Gasteiger partial charge < -0.3 is 5.32 Å². The molecule has 2 bridgehead atoms. The first-order valence-corrected chi connectivity index (χ1v) is 6.47. The van der Waals surface area contributed by atoms with Gasteiger partial charge in [-0.25, -0.2) is 0 Å². The lowest BCUT2D eigenvalue weighted by atomic mass is 9.50. The SMILES string of the molecule is Cc1cccc(Br)c1C(=O)NC12CC(C1)C2. The maximum atomic E-state index is 12.2. The first kappa shape index (κ1) is 10.3. The van der Waals surface area contributed by atoms with Crippen molar-refractivity contribution in [1.29, 1.82) is 0 Å². The third-order valence-electron chi connectivity index (χ3n) is 3.87. The van der Waals surface area contributed by atoms with Gasteiger partial charge >= 0.3 is 0 Å². The third-order valence-corrected chi connectivity index (χ3v) is 4.53. The average molecular weight is 280 g/mol. The van der Waals surface area contributed by atoms with Crippen LogP contribution < -0.4 is 5.32 Å². The third kappa shape index (κ3) is 1.41. The number of benzene rings is 1. The van der Waals surface area contributed by atoms with E-state index in [1.54, 1.807) is 0 Å². The van der Waals surface area contributed by atoms with E-state index >= 15 is 0 Å². The largest absolute Gasteiger partial charge is 0.347 e. The van der Waals surface area contributed by atoms with Crippen LogP contribution in [0.2, 0.25) is 0 Å². The summed E-state index contributed by atoms with van der Waals surface area (Å²) in [6.45, 7) is 1.97. The van der Waals surface area contributed by atoms with Crippen LogP contribution >= 0.6 is 15.9 Å². The van der Waals surface area contributed by atoms with Crippen LogP contribution in [0.25, 0.3) is 0 Å². The minimum absolute atomic E-state index is 0.0723. The molecule has 1 amide bonds. The highest BCUT2D eigenvalue weighted by atomic mass is 79.9. The minimum atomic E-state index is 0.0723. The number of carbonyl (C=O) groups is 1. The van der Waals surface area contributed by atoms with Crippen LogP contribution in [0.3, 0.4) is 0 Å². The number of halogens is 1. The minimum Gasteiger partial charge on any atom is -0.347 e. The van der Waals surface area contributed by atoms with Crippen LogP contribution in [-0.2, 0) is 0 Å². The second-order valence-corrected chi connectivity index (χ2v) is 6.00. The molecule has 0 radical (unpaired) electrons. The molecule has 0 saturated heterocycles. The van der Waals surface area contributed by atoms with Gasteiger partial charge in [-0.05, 0) is 59.7 Å². The van der Waals surface area contributed by atoms with Crippen LogP contribution in [0.5, 0.6) is 0 Å². The molecule has 84 valence electrons. The second kappa shape index (κ2) is 3.33. The van der Waals surface area contributed by atoms with E-state index in [0.717, 1.165) is 21.5 Å². The first-order valence-electron chi connectivity index (χ1n) is 5.67. The molecule has 3 heteroatoms. The number of hydrogen-bond acceptors (Lipinski definition) is 1. The number of nitrogens with one attached hydrogen (secondary N) is 1. The van der Waals surface area contributed by atoms with Crippen LogP contribution in [0, 0.1) is 12.8 Å². The quantitative estimate of drug-likeness (QED) is 0.886. The van der Waals surface area contributed by atoms with Gasteiger partial charge in [0.05, 0.1) is 5.56 Å². The summed E-state index contributed by atoms with van der Waals surface area (Å²) >= 11 is 3.45. The first-order chi connectivity index (χ1) is 7.60. The predicted molar refractivity (Wildman–Crippen MR) is 66.4 cm³/mol. The fourth-order valence-electron chi connectivity index (χ4n) is 2.85. The predicted octanol–water partition coefficient (Wildman–Crippen LogP) is 3.04. The molecule has 1 aromatic carbocycles. The van der Waals surface area contributed by atoms with Crippen LogP contribution in [0.15, 0.2) is 22.7 Å². The smallest absolute Gasteiger partial charge is 0.253 e. The monoisotopic (exact) mass is 279 g/mol. The van der Waals surface area contributed by atoms with E-state index in [2.05, 4.69) is 21.2 Å². The van der Waals surface area contributed by atoms with Crippen molar-refractivity contribution >= 4 is 21.8 Å². The summed E-state index contributed by atoms with van der Waals surface area (Å²) in [4.78, 5) is 12.2. The lowest BCUT2D eigenvalue weighted by molar-refractivity contribution is -0.0438. The van der Waals surface area contributed by atoms with Gasteiger partial charge in [-0.3, -0.25) is 4.79 Å². The van der Waals surface area contributed by atoms with Crippen LogP contribution in [0.1, 0.15) is 35.2 Å². The van der Waals surface area contributed by atoms with E-state index < -0.39 is 0 Å². The number of aryl methyl sites for hydroxylation is 1. The molecule has 0 aliphatic heterocycles. The van der Waals surface area contributed by atoms with Gasteiger partial charge in [-0.1, -0.05) is 12.1 Å². The van der Waals surface area contributed by atoms with Crippen LogP contribution in [0.4, 0.5) is 0 Å². The summed E-state index contributed by atoms with van der Waals surface area (Å²) in [5.41, 5.74) is 1.97. The second-order valence-electron chi connectivity index (χ2n) is 5.14. The van der Waals surface area contributed by atoms with E-state index in [1.165, 1.54) is 19.3 Å². The highest BCUT2D eigenvalue weighted by Crippen LogP contribution is 2.57. The van der Waals surface area contributed by atoms with Crippen molar-refractivity contribution in [3.63, 3.8) is 0 Å². The average Bonchev–Trinajstić information content (AvgIpc) is 2.09. The van der Waals surface area contributed by atoms with E-state index in [4.69, 9.17) is 0 Å². The topological polar surface area (TPSA) is 29.1 Å². The lowest BCUT2D eigenvalue weighted by Gasteiger charge is -2.61. The molecule has 0 atom stereocenters. The van der Waals surface area contributed by atoms with Gasteiger partial charge in [-0.2, -0.15) is 0 Å². The molecule has 16 heavy (non-hydrogen) atoms. The molecule has 0 unspecified atom stereocenters. The van der Waals surface area contributed by atoms with Crippen molar-refractivity contribution in [2.75, 3.05) is 0 Å². The van der Waals surface area contributed by atoms with E-state index in [0.29, 0.717) is 0 Å². The van der Waals surface area contributed by atoms with Gasteiger partial charge in [0, 0.05) is 10.0 Å². The van der Waals surface area contributed by atoms with Crippen LogP contribution in [-0.4, -0.2) is 11.4 Å². The van der Waals surface area contributed by atoms with E-state index in [1.807, 2.05) is 25.1 Å². The molecule has 3 aliphatic carbocycles. The summed E-state index contributed by atoms with van der Waals surface area (Å²) in [5.74, 6) is 0.962. The maximum absolute atomic E-state index is 12.2. The van der Waals surface area contributed by atoms with E-state index in [-0.39, 0.29) is 11.4 Å². The molecule has 3 fully saturated rings. The Balaban J connectivity index is 1.83. The Morgan fingerprint density at radius 1 is 1.44 bits per heavy atom. The number of amides is 1. The van der Waals surface area contributed by atoms with Gasteiger partial charge in [0.15, 0.2) is 0 Å². The molecular formula is C13H14BrNO. The Labute approximate surface area is 104 Å². The number of rotatable bonds is 2. The molecule has 0 aromatic heterocycles. The van der Waals surface area contributed by atoms with Crippen molar-refractivity contribution in [3.8, 4) is 0 Å². The van der Waals surface area contributed by atoms with Gasteiger partial charge in [0.2, 0.25) is 0 Å². The molecule has 1 N–H and O–H groups in total. The Kier molecular flexibility index (Phi) is 2.15. The van der Waals surface area contributed by atoms with E-state index in [9.17, 15) is 4.79 Å². The van der Waals surface area contributed by atoms with Gasteiger partial charge in [0.25, 0.3) is 5.91 Å². The molecule has 0 spiro atoms.